The molecule has 0 bridgehead atoms. The number of halogens is 1. The molecular weight excluding hydrogens is 446 g/mol. The van der Waals surface area contributed by atoms with Crippen molar-refractivity contribution >= 4 is 40.5 Å². The van der Waals surface area contributed by atoms with Crippen molar-refractivity contribution in [3.05, 3.63) is 64.7 Å². The van der Waals surface area contributed by atoms with Gasteiger partial charge in [-0.05, 0) is 31.2 Å². The Labute approximate surface area is 198 Å². The Hall–Kier alpha value is -3.07. The first-order valence-electron chi connectivity index (χ1n) is 10.6. The summed E-state index contributed by atoms with van der Waals surface area (Å²) in [5, 5.41) is 20.6. The number of nitrogens with zero attached hydrogens (tertiary/aromatic N) is 3. The number of carbonyl (C=O) groups is 2. The summed E-state index contributed by atoms with van der Waals surface area (Å²) in [4.78, 5) is 30.6. The third kappa shape index (κ3) is 4.98. The predicted molar refractivity (Wildman–Crippen MR) is 128 cm³/mol. The molecular formula is C24H28ClN3O5. The van der Waals surface area contributed by atoms with Gasteiger partial charge >= 0.3 is 0 Å². The first-order valence-corrected chi connectivity index (χ1v) is 11.0. The molecule has 2 N–H and O–H groups in total. The summed E-state index contributed by atoms with van der Waals surface area (Å²) in [6.45, 7) is 1.76. The first-order chi connectivity index (χ1) is 15.8. The van der Waals surface area contributed by atoms with E-state index in [1.54, 1.807) is 49.3 Å². The Balaban J connectivity index is 2.11. The Morgan fingerprint density at radius 1 is 1.15 bits per heavy atom. The summed E-state index contributed by atoms with van der Waals surface area (Å²) in [6, 6.07) is 14.2. The first kappa shape index (κ1) is 24.6. The summed E-state index contributed by atoms with van der Waals surface area (Å²) in [7, 11) is 3.20. The van der Waals surface area contributed by atoms with Crippen LogP contribution in [0.1, 0.15) is 12.5 Å². The van der Waals surface area contributed by atoms with Crippen LogP contribution in [0.4, 0.5) is 11.4 Å². The Kier molecular flexibility index (Phi) is 7.97. The maximum Gasteiger partial charge on any atom is 0.262 e. The van der Waals surface area contributed by atoms with Crippen LogP contribution in [0.3, 0.4) is 0 Å². The zero-order valence-electron chi connectivity index (χ0n) is 18.9. The second-order valence-corrected chi connectivity index (χ2v) is 7.98. The van der Waals surface area contributed by atoms with E-state index in [4.69, 9.17) is 21.4 Å². The number of likely N-dealkylation sites (N-methyl/N-ethyl adjacent to an activating group) is 3. The molecule has 1 unspecified atom stereocenters. The van der Waals surface area contributed by atoms with E-state index in [1.165, 1.54) is 9.80 Å². The van der Waals surface area contributed by atoms with E-state index in [-0.39, 0.29) is 37.0 Å². The lowest BCUT2D eigenvalue weighted by molar-refractivity contribution is -0.133. The molecule has 8 nitrogen and oxygen atoms in total. The van der Waals surface area contributed by atoms with Gasteiger partial charge in [0.25, 0.3) is 11.8 Å². The molecule has 0 aromatic heterocycles. The third-order valence-electron chi connectivity index (χ3n) is 5.53. The van der Waals surface area contributed by atoms with Crippen LogP contribution in [-0.4, -0.2) is 73.6 Å². The number of aliphatic hydroxyl groups is 2. The number of hydrogen-bond acceptors (Lipinski definition) is 6. The summed E-state index contributed by atoms with van der Waals surface area (Å²) < 4.78 is 5.89. The predicted octanol–water partition coefficient (Wildman–Crippen LogP) is 2.34. The fraction of sp³-hybridized carbons (Fsp3) is 0.333. The zero-order valence-corrected chi connectivity index (χ0v) is 19.6. The number of fused-ring (bicyclic) bond motifs is 1. The van der Waals surface area contributed by atoms with Crippen molar-refractivity contribution in [1.29, 1.82) is 0 Å². The van der Waals surface area contributed by atoms with Gasteiger partial charge < -0.3 is 29.6 Å². The number of benzene rings is 2. The number of ether oxygens (including phenoxy) is 1. The second-order valence-electron chi connectivity index (χ2n) is 7.57. The molecule has 1 heterocycles. The Morgan fingerprint density at radius 2 is 1.85 bits per heavy atom. The topological polar surface area (TPSA) is 93.5 Å². The van der Waals surface area contributed by atoms with Gasteiger partial charge in [-0.2, -0.15) is 0 Å². The number of aliphatic hydroxyl groups excluding tert-OH is 2. The van der Waals surface area contributed by atoms with Crippen LogP contribution in [0.25, 0.3) is 5.76 Å². The van der Waals surface area contributed by atoms with Crippen molar-refractivity contribution in [2.75, 3.05) is 50.2 Å². The van der Waals surface area contributed by atoms with E-state index in [0.717, 1.165) is 0 Å². The van der Waals surface area contributed by atoms with Crippen LogP contribution in [0, 0.1) is 0 Å². The van der Waals surface area contributed by atoms with Crippen LogP contribution < -0.4 is 9.80 Å². The van der Waals surface area contributed by atoms with Crippen LogP contribution in [0.15, 0.2) is 54.1 Å². The van der Waals surface area contributed by atoms with Crippen molar-refractivity contribution < 1.29 is 24.5 Å². The van der Waals surface area contributed by atoms with E-state index in [2.05, 4.69) is 0 Å². The standard InChI is InChI=1S/C24H28ClN3O5/c1-4-28(16-9-6-5-7-10-16)24(32)21-22(33-15-19(30)26(2)13-14-29)20-17(25)11-8-12-18(20)27(3)23(21)31/h5-12,23,29,31H,4,13-15H2,1-3H3. The van der Waals surface area contributed by atoms with Crippen LogP contribution in [0.5, 0.6) is 0 Å². The normalized spacial score (nSPS) is 15.2. The zero-order chi connectivity index (χ0) is 24.1. The fourth-order valence-corrected chi connectivity index (χ4v) is 3.94. The average molecular weight is 474 g/mol. The summed E-state index contributed by atoms with van der Waals surface area (Å²) in [5.74, 6) is -0.785. The molecule has 0 spiro atoms. The highest BCUT2D eigenvalue weighted by atomic mass is 35.5. The average Bonchev–Trinajstić information content (AvgIpc) is 2.81. The van der Waals surface area contributed by atoms with Crippen LogP contribution >= 0.6 is 11.6 Å². The summed E-state index contributed by atoms with van der Waals surface area (Å²) >= 11 is 6.50. The van der Waals surface area contributed by atoms with Crippen molar-refractivity contribution in [1.82, 2.24) is 4.90 Å². The van der Waals surface area contributed by atoms with Gasteiger partial charge in [-0.3, -0.25) is 9.59 Å². The van der Waals surface area contributed by atoms with Gasteiger partial charge in [0, 0.05) is 32.9 Å². The molecule has 3 rings (SSSR count). The number of amides is 2. The van der Waals surface area contributed by atoms with Gasteiger partial charge in [0.05, 0.1) is 22.9 Å². The van der Waals surface area contributed by atoms with Gasteiger partial charge in [0.1, 0.15) is 11.3 Å². The largest absolute Gasteiger partial charge is 0.482 e. The molecule has 176 valence electrons. The molecule has 0 saturated carbocycles. The maximum absolute atomic E-state index is 13.7. The number of para-hydroxylation sites is 1. The minimum atomic E-state index is -1.32. The summed E-state index contributed by atoms with van der Waals surface area (Å²) in [5.41, 5.74) is 1.65. The van der Waals surface area contributed by atoms with E-state index in [0.29, 0.717) is 28.5 Å². The maximum atomic E-state index is 13.7. The highest BCUT2D eigenvalue weighted by Crippen LogP contribution is 2.42. The number of hydrogen-bond donors (Lipinski definition) is 2. The molecule has 9 heteroatoms. The monoisotopic (exact) mass is 473 g/mol. The van der Waals surface area contributed by atoms with Crippen molar-refractivity contribution in [2.45, 2.75) is 13.2 Å². The number of carbonyl (C=O) groups excluding carboxylic acids is 2. The fourth-order valence-electron chi connectivity index (χ4n) is 3.68. The molecule has 2 aromatic rings. The number of rotatable bonds is 8. The highest BCUT2D eigenvalue weighted by Gasteiger charge is 2.38. The Bertz CT molecular complexity index is 1040. The SMILES string of the molecule is CCN(C(=O)C1=C(OCC(=O)N(C)CCO)c2c(Cl)cccc2N(C)C1O)c1ccccc1. The molecule has 1 atom stereocenters. The lowest BCUT2D eigenvalue weighted by Crippen LogP contribution is -2.45. The van der Waals surface area contributed by atoms with E-state index in [1.807, 2.05) is 25.1 Å². The smallest absolute Gasteiger partial charge is 0.262 e. The molecule has 0 fully saturated rings. The lowest BCUT2D eigenvalue weighted by atomic mass is 9.97. The Morgan fingerprint density at radius 3 is 2.48 bits per heavy atom. The van der Waals surface area contributed by atoms with Crippen molar-refractivity contribution in [3.63, 3.8) is 0 Å². The number of anilines is 2. The van der Waals surface area contributed by atoms with E-state index >= 15 is 0 Å². The van der Waals surface area contributed by atoms with Crippen LogP contribution in [0.2, 0.25) is 5.02 Å². The quantitative estimate of drug-likeness (QED) is 0.611. The molecule has 33 heavy (non-hydrogen) atoms. The van der Waals surface area contributed by atoms with Gasteiger partial charge in [-0.25, -0.2) is 0 Å². The second kappa shape index (κ2) is 10.7. The molecule has 2 amide bonds. The minimum Gasteiger partial charge on any atom is -0.482 e. The molecule has 1 aliphatic rings. The molecule has 1 aliphatic heterocycles. The van der Waals surface area contributed by atoms with Crippen LogP contribution in [-0.2, 0) is 14.3 Å². The minimum absolute atomic E-state index is 0.0126. The van der Waals surface area contributed by atoms with Gasteiger partial charge in [-0.15, -0.1) is 0 Å². The summed E-state index contributed by atoms with van der Waals surface area (Å²) in [6.07, 6.45) is -1.32. The third-order valence-corrected chi connectivity index (χ3v) is 5.84. The van der Waals surface area contributed by atoms with Gasteiger partial charge in [-0.1, -0.05) is 35.9 Å². The molecule has 0 saturated heterocycles. The van der Waals surface area contributed by atoms with Crippen molar-refractivity contribution in [2.24, 2.45) is 0 Å². The van der Waals surface area contributed by atoms with Gasteiger partial charge in [0.2, 0.25) is 0 Å². The molecule has 0 radical (unpaired) electrons. The highest BCUT2D eigenvalue weighted by molar-refractivity contribution is 6.33. The van der Waals surface area contributed by atoms with E-state index in [9.17, 15) is 14.7 Å². The van der Waals surface area contributed by atoms with Gasteiger partial charge in [0.15, 0.2) is 12.8 Å². The van der Waals surface area contributed by atoms with Crippen molar-refractivity contribution in [3.8, 4) is 0 Å². The lowest BCUT2D eigenvalue weighted by Gasteiger charge is -2.37. The molecule has 2 aromatic carbocycles. The van der Waals surface area contributed by atoms with E-state index < -0.39 is 12.1 Å². The molecule has 0 aliphatic carbocycles.